The lowest BCUT2D eigenvalue weighted by molar-refractivity contribution is 1.07. The third kappa shape index (κ3) is 2.76. The number of anilines is 1. The van der Waals surface area contributed by atoms with Crippen molar-refractivity contribution < 1.29 is 0 Å². The van der Waals surface area contributed by atoms with Crippen LogP contribution in [0.4, 0.5) is 5.82 Å². The van der Waals surface area contributed by atoms with E-state index in [9.17, 15) is 0 Å². The SMILES string of the molecule is CN(C)c1ccc(-c2ccc(-c3nc4ccccc4s3)cc2)cn1. The van der Waals surface area contributed by atoms with E-state index >= 15 is 0 Å². The summed E-state index contributed by atoms with van der Waals surface area (Å²) in [5.41, 5.74) is 4.50. The van der Waals surface area contributed by atoms with Crippen molar-refractivity contribution in [3.05, 3.63) is 66.9 Å². The first-order chi connectivity index (χ1) is 11.7. The summed E-state index contributed by atoms with van der Waals surface area (Å²) in [6.07, 6.45) is 1.92. The number of benzene rings is 2. The minimum absolute atomic E-state index is 0.963. The third-order valence-corrected chi connectivity index (χ3v) is 5.05. The van der Waals surface area contributed by atoms with Crippen LogP contribution in [0.25, 0.3) is 31.9 Å². The largest absolute Gasteiger partial charge is 0.363 e. The molecule has 0 saturated heterocycles. The van der Waals surface area contributed by atoms with Gasteiger partial charge in [-0.25, -0.2) is 9.97 Å². The second kappa shape index (κ2) is 6.06. The van der Waals surface area contributed by atoms with Gasteiger partial charge in [-0.1, -0.05) is 36.4 Å². The molecule has 2 aromatic carbocycles. The van der Waals surface area contributed by atoms with Crippen molar-refractivity contribution >= 4 is 27.4 Å². The summed E-state index contributed by atoms with van der Waals surface area (Å²) in [4.78, 5) is 11.2. The van der Waals surface area contributed by atoms with E-state index in [1.54, 1.807) is 11.3 Å². The number of pyridine rings is 1. The Hall–Kier alpha value is -2.72. The lowest BCUT2D eigenvalue weighted by Gasteiger charge is -2.11. The Morgan fingerprint density at radius 1 is 0.792 bits per heavy atom. The molecule has 118 valence electrons. The van der Waals surface area contributed by atoms with Crippen LogP contribution in [-0.2, 0) is 0 Å². The zero-order chi connectivity index (χ0) is 16.5. The normalized spacial score (nSPS) is 10.9. The van der Waals surface area contributed by atoms with Crippen LogP contribution in [0.1, 0.15) is 0 Å². The van der Waals surface area contributed by atoms with Crippen molar-refractivity contribution in [3.8, 4) is 21.7 Å². The van der Waals surface area contributed by atoms with Crippen molar-refractivity contribution in [2.45, 2.75) is 0 Å². The number of thiazole rings is 1. The van der Waals surface area contributed by atoms with E-state index in [1.807, 2.05) is 37.3 Å². The van der Waals surface area contributed by atoms with E-state index in [0.717, 1.165) is 33.0 Å². The number of rotatable bonds is 3. The van der Waals surface area contributed by atoms with E-state index in [4.69, 9.17) is 4.98 Å². The third-order valence-electron chi connectivity index (χ3n) is 3.97. The lowest BCUT2D eigenvalue weighted by atomic mass is 10.1. The van der Waals surface area contributed by atoms with Crippen molar-refractivity contribution in [1.82, 2.24) is 9.97 Å². The molecule has 0 bridgehead atoms. The standard InChI is InChI=1S/C20H17N3S/c1-23(2)19-12-11-16(13-21-19)14-7-9-15(10-8-14)20-22-17-5-3-4-6-18(17)24-20/h3-13H,1-2H3. The average Bonchev–Trinajstić information content (AvgIpc) is 3.06. The monoisotopic (exact) mass is 331 g/mol. The Morgan fingerprint density at radius 3 is 2.17 bits per heavy atom. The number of para-hydroxylation sites is 1. The number of nitrogens with zero attached hydrogens (tertiary/aromatic N) is 3. The fraction of sp³-hybridized carbons (Fsp3) is 0.100. The molecular weight excluding hydrogens is 314 g/mol. The molecule has 0 radical (unpaired) electrons. The van der Waals surface area contributed by atoms with E-state index in [0.29, 0.717) is 0 Å². The highest BCUT2D eigenvalue weighted by atomic mass is 32.1. The highest BCUT2D eigenvalue weighted by molar-refractivity contribution is 7.21. The number of hydrogen-bond acceptors (Lipinski definition) is 4. The highest BCUT2D eigenvalue weighted by Crippen LogP contribution is 2.31. The van der Waals surface area contributed by atoms with Gasteiger partial charge >= 0.3 is 0 Å². The molecule has 0 unspecified atom stereocenters. The van der Waals surface area contributed by atoms with Crippen LogP contribution in [-0.4, -0.2) is 24.1 Å². The summed E-state index contributed by atoms with van der Waals surface area (Å²) in [6.45, 7) is 0. The Kier molecular flexibility index (Phi) is 3.75. The predicted octanol–water partition coefficient (Wildman–Crippen LogP) is 5.09. The van der Waals surface area contributed by atoms with Gasteiger partial charge in [0.1, 0.15) is 10.8 Å². The summed E-state index contributed by atoms with van der Waals surface area (Å²) in [7, 11) is 3.99. The minimum atomic E-state index is 0.963. The molecule has 0 amide bonds. The average molecular weight is 331 g/mol. The summed E-state index contributed by atoms with van der Waals surface area (Å²) in [5.74, 6) is 0.963. The zero-order valence-electron chi connectivity index (χ0n) is 13.6. The molecule has 4 heteroatoms. The van der Waals surface area contributed by atoms with E-state index in [-0.39, 0.29) is 0 Å². The van der Waals surface area contributed by atoms with Crippen LogP contribution < -0.4 is 4.90 Å². The van der Waals surface area contributed by atoms with Crippen molar-refractivity contribution in [2.75, 3.05) is 19.0 Å². The molecule has 0 spiro atoms. The molecule has 0 fully saturated rings. The first-order valence-electron chi connectivity index (χ1n) is 7.80. The molecule has 4 aromatic rings. The Bertz CT molecular complexity index is 937. The molecule has 24 heavy (non-hydrogen) atoms. The van der Waals surface area contributed by atoms with Crippen molar-refractivity contribution in [1.29, 1.82) is 0 Å². The van der Waals surface area contributed by atoms with Gasteiger partial charge in [-0.05, 0) is 29.8 Å². The van der Waals surface area contributed by atoms with Crippen LogP contribution in [0.15, 0.2) is 66.9 Å². The van der Waals surface area contributed by atoms with Gasteiger partial charge in [0.05, 0.1) is 10.2 Å². The van der Waals surface area contributed by atoms with Crippen molar-refractivity contribution in [3.63, 3.8) is 0 Å². The van der Waals surface area contributed by atoms with E-state index in [2.05, 4.69) is 53.5 Å². The first-order valence-corrected chi connectivity index (χ1v) is 8.62. The van der Waals surface area contributed by atoms with E-state index < -0.39 is 0 Å². The van der Waals surface area contributed by atoms with Crippen LogP contribution in [0, 0.1) is 0 Å². The molecule has 0 aliphatic carbocycles. The maximum Gasteiger partial charge on any atom is 0.127 e. The molecule has 4 rings (SSSR count). The number of hydrogen-bond donors (Lipinski definition) is 0. The molecule has 2 heterocycles. The fourth-order valence-corrected chi connectivity index (χ4v) is 3.59. The second-order valence-corrected chi connectivity index (χ2v) is 6.89. The van der Waals surface area contributed by atoms with Crippen LogP contribution in [0.5, 0.6) is 0 Å². The maximum absolute atomic E-state index is 4.72. The molecule has 2 aromatic heterocycles. The summed E-state index contributed by atoms with van der Waals surface area (Å²) in [6, 6.07) is 20.9. The molecule has 3 nitrogen and oxygen atoms in total. The lowest BCUT2D eigenvalue weighted by Crippen LogP contribution is -2.09. The molecule has 0 saturated carbocycles. The number of fused-ring (bicyclic) bond motifs is 1. The maximum atomic E-state index is 4.72. The minimum Gasteiger partial charge on any atom is -0.363 e. The predicted molar refractivity (Wildman–Crippen MR) is 103 cm³/mol. The van der Waals surface area contributed by atoms with Gasteiger partial charge in [0.15, 0.2) is 0 Å². The van der Waals surface area contributed by atoms with Gasteiger partial charge in [0.2, 0.25) is 0 Å². The molecule has 0 N–H and O–H groups in total. The van der Waals surface area contributed by atoms with Gasteiger partial charge in [-0.3, -0.25) is 0 Å². The Balaban J connectivity index is 1.64. The Labute approximate surface area is 145 Å². The van der Waals surface area contributed by atoms with Gasteiger partial charge < -0.3 is 4.90 Å². The zero-order valence-corrected chi connectivity index (χ0v) is 14.4. The van der Waals surface area contributed by atoms with Crippen LogP contribution in [0.3, 0.4) is 0 Å². The summed E-state index contributed by atoms with van der Waals surface area (Å²) < 4.78 is 1.22. The van der Waals surface area contributed by atoms with Gasteiger partial charge in [0, 0.05) is 31.4 Å². The summed E-state index contributed by atoms with van der Waals surface area (Å²) in [5, 5.41) is 1.06. The van der Waals surface area contributed by atoms with Gasteiger partial charge in [-0.2, -0.15) is 0 Å². The topological polar surface area (TPSA) is 29.0 Å². The molecule has 0 atom stereocenters. The summed E-state index contributed by atoms with van der Waals surface area (Å²) >= 11 is 1.73. The van der Waals surface area contributed by atoms with Crippen LogP contribution in [0.2, 0.25) is 0 Å². The highest BCUT2D eigenvalue weighted by Gasteiger charge is 2.06. The molecule has 0 aliphatic rings. The van der Waals surface area contributed by atoms with E-state index in [1.165, 1.54) is 4.70 Å². The molecular formula is C20H17N3S. The first kappa shape index (κ1) is 14.8. The smallest absolute Gasteiger partial charge is 0.127 e. The second-order valence-electron chi connectivity index (χ2n) is 5.86. The van der Waals surface area contributed by atoms with Crippen LogP contribution >= 0.6 is 11.3 Å². The Morgan fingerprint density at radius 2 is 1.50 bits per heavy atom. The fourth-order valence-electron chi connectivity index (χ4n) is 2.62. The molecule has 0 aliphatic heterocycles. The van der Waals surface area contributed by atoms with Gasteiger partial charge in [-0.15, -0.1) is 11.3 Å². The van der Waals surface area contributed by atoms with Crippen molar-refractivity contribution in [2.24, 2.45) is 0 Å². The quantitative estimate of drug-likeness (QED) is 0.523. The van der Waals surface area contributed by atoms with Gasteiger partial charge in [0.25, 0.3) is 0 Å². The number of aromatic nitrogens is 2.